The Morgan fingerprint density at radius 2 is 1.66 bits per heavy atom. The van der Waals surface area contributed by atoms with E-state index in [-0.39, 0.29) is 11.8 Å². The van der Waals surface area contributed by atoms with Crippen LogP contribution in [-0.2, 0) is 9.59 Å². The van der Waals surface area contributed by atoms with Crippen molar-refractivity contribution in [1.82, 2.24) is 4.90 Å². The molecular weight excluding hydrogens is 362 g/mol. The monoisotopic (exact) mass is 393 g/mol. The number of anilines is 2. The number of rotatable bonds is 5. The zero-order valence-corrected chi connectivity index (χ0v) is 17.9. The highest BCUT2D eigenvalue weighted by Gasteiger charge is 2.22. The van der Waals surface area contributed by atoms with Gasteiger partial charge in [-0.1, -0.05) is 18.2 Å². The van der Waals surface area contributed by atoms with Crippen LogP contribution in [0.3, 0.4) is 0 Å². The molecule has 1 fully saturated rings. The Labute approximate surface area is 173 Å². The molecule has 1 saturated heterocycles. The van der Waals surface area contributed by atoms with Crippen molar-refractivity contribution in [3.8, 4) is 0 Å². The SMILES string of the molecule is CC(=O)N(CCC(=O)N1CCN(c2cccc(C)c2)CC1)c1ccc(C)c(C)c1. The third-order valence-electron chi connectivity index (χ3n) is 5.73. The molecule has 1 aliphatic heterocycles. The number of benzene rings is 2. The van der Waals surface area contributed by atoms with Gasteiger partial charge in [-0.2, -0.15) is 0 Å². The second-order valence-electron chi connectivity index (χ2n) is 7.90. The van der Waals surface area contributed by atoms with Crippen LogP contribution in [0, 0.1) is 20.8 Å². The highest BCUT2D eigenvalue weighted by atomic mass is 16.2. The van der Waals surface area contributed by atoms with Gasteiger partial charge in [0, 0.05) is 57.4 Å². The molecule has 29 heavy (non-hydrogen) atoms. The molecule has 0 spiro atoms. The molecule has 2 amide bonds. The van der Waals surface area contributed by atoms with Gasteiger partial charge in [-0.15, -0.1) is 0 Å². The molecule has 0 saturated carbocycles. The van der Waals surface area contributed by atoms with Gasteiger partial charge in [-0.05, 0) is 61.7 Å². The Morgan fingerprint density at radius 1 is 0.931 bits per heavy atom. The second-order valence-corrected chi connectivity index (χ2v) is 7.90. The zero-order valence-electron chi connectivity index (χ0n) is 17.9. The Morgan fingerprint density at radius 3 is 2.28 bits per heavy atom. The fourth-order valence-electron chi connectivity index (χ4n) is 3.77. The van der Waals surface area contributed by atoms with Gasteiger partial charge in [-0.25, -0.2) is 0 Å². The molecule has 0 radical (unpaired) electrons. The van der Waals surface area contributed by atoms with E-state index in [1.54, 1.807) is 11.8 Å². The van der Waals surface area contributed by atoms with Crippen LogP contribution in [0.15, 0.2) is 42.5 Å². The minimum absolute atomic E-state index is 0.0367. The van der Waals surface area contributed by atoms with Gasteiger partial charge in [0.05, 0.1) is 0 Å². The van der Waals surface area contributed by atoms with Crippen LogP contribution >= 0.6 is 0 Å². The summed E-state index contributed by atoms with van der Waals surface area (Å²) in [7, 11) is 0. The van der Waals surface area contributed by atoms with E-state index in [4.69, 9.17) is 0 Å². The van der Waals surface area contributed by atoms with Crippen molar-refractivity contribution in [2.45, 2.75) is 34.1 Å². The van der Waals surface area contributed by atoms with E-state index >= 15 is 0 Å². The number of hydrogen-bond acceptors (Lipinski definition) is 3. The number of piperazine rings is 1. The maximum atomic E-state index is 12.7. The largest absolute Gasteiger partial charge is 0.368 e. The molecule has 0 aliphatic carbocycles. The van der Waals surface area contributed by atoms with Crippen molar-refractivity contribution < 1.29 is 9.59 Å². The van der Waals surface area contributed by atoms with Crippen molar-refractivity contribution >= 4 is 23.2 Å². The fraction of sp³-hybridized carbons (Fsp3) is 0.417. The van der Waals surface area contributed by atoms with Crippen LogP contribution in [-0.4, -0.2) is 49.4 Å². The third-order valence-corrected chi connectivity index (χ3v) is 5.73. The number of aryl methyl sites for hydroxylation is 3. The van der Waals surface area contributed by atoms with E-state index in [1.165, 1.54) is 16.8 Å². The van der Waals surface area contributed by atoms with Crippen LogP contribution in [0.25, 0.3) is 0 Å². The highest BCUT2D eigenvalue weighted by Crippen LogP contribution is 2.21. The van der Waals surface area contributed by atoms with E-state index in [9.17, 15) is 9.59 Å². The lowest BCUT2D eigenvalue weighted by Crippen LogP contribution is -2.49. The lowest BCUT2D eigenvalue weighted by Gasteiger charge is -2.36. The predicted molar refractivity (Wildman–Crippen MR) is 119 cm³/mol. The van der Waals surface area contributed by atoms with Crippen molar-refractivity contribution in [3.63, 3.8) is 0 Å². The second kappa shape index (κ2) is 9.12. The summed E-state index contributed by atoms with van der Waals surface area (Å²) in [6.45, 7) is 11.3. The smallest absolute Gasteiger partial charge is 0.224 e. The first-order valence-corrected chi connectivity index (χ1v) is 10.3. The van der Waals surface area contributed by atoms with Gasteiger partial charge in [-0.3, -0.25) is 9.59 Å². The van der Waals surface area contributed by atoms with Crippen LogP contribution in [0.1, 0.15) is 30.0 Å². The van der Waals surface area contributed by atoms with Crippen LogP contribution in [0.4, 0.5) is 11.4 Å². The summed E-state index contributed by atoms with van der Waals surface area (Å²) in [6, 6.07) is 14.5. The minimum atomic E-state index is -0.0367. The number of carbonyl (C=O) groups is 2. The van der Waals surface area contributed by atoms with Crippen molar-refractivity contribution in [2.75, 3.05) is 42.5 Å². The van der Waals surface area contributed by atoms with E-state index in [0.717, 1.165) is 37.4 Å². The van der Waals surface area contributed by atoms with Gasteiger partial charge in [0.15, 0.2) is 0 Å². The molecule has 2 aromatic rings. The summed E-state index contributed by atoms with van der Waals surface area (Å²) < 4.78 is 0. The average molecular weight is 394 g/mol. The zero-order chi connectivity index (χ0) is 21.0. The Bertz CT molecular complexity index is 885. The van der Waals surface area contributed by atoms with Gasteiger partial charge in [0.1, 0.15) is 0 Å². The lowest BCUT2D eigenvalue weighted by molar-refractivity contribution is -0.131. The van der Waals surface area contributed by atoms with Gasteiger partial charge >= 0.3 is 0 Å². The van der Waals surface area contributed by atoms with Crippen LogP contribution in [0.2, 0.25) is 0 Å². The average Bonchev–Trinajstić information content (AvgIpc) is 2.70. The summed E-state index contributed by atoms with van der Waals surface area (Å²) in [6.07, 6.45) is 0.344. The molecule has 5 nitrogen and oxygen atoms in total. The molecule has 3 rings (SSSR count). The van der Waals surface area contributed by atoms with Crippen LogP contribution in [0.5, 0.6) is 0 Å². The summed E-state index contributed by atoms with van der Waals surface area (Å²) in [5.74, 6) is 0.0781. The normalized spacial score (nSPS) is 14.1. The van der Waals surface area contributed by atoms with Crippen molar-refractivity contribution in [3.05, 3.63) is 59.2 Å². The summed E-state index contributed by atoms with van der Waals surface area (Å²) in [4.78, 5) is 30.8. The molecule has 0 aromatic heterocycles. The maximum Gasteiger partial charge on any atom is 0.224 e. The summed E-state index contributed by atoms with van der Waals surface area (Å²) in [5.41, 5.74) is 5.66. The van der Waals surface area contributed by atoms with Crippen molar-refractivity contribution in [2.24, 2.45) is 0 Å². The first-order valence-electron chi connectivity index (χ1n) is 10.3. The minimum Gasteiger partial charge on any atom is -0.368 e. The van der Waals surface area contributed by atoms with Gasteiger partial charge in [0.25, 0.3) is 0 Å². The van der Waals surface area contributed by atoms with Crippen molar-refractivity contribution in [1.29, 1.82) is 0 Å². The molecule has 1 aliphatic rings. The maximum absolute atomic E-state index is 12.7. The molecule has 2 aromatic carbocycles. The summed E-state index contributed by atoms with van der Waals surface area (Å²) in [5, 5.41) is 0. The lowest BCUT2D eigenvalue weighted by atomic mass is 10.1. The molecule has 1 heterocycles. The van der Waals surface area contributed by atoms with Crippen LogP contribution < -0.4 is 9.80 Å². The molecule has 0 bridgehead atoms. The first-order chi connectivity index (χ1) is 13.8. The number of amides is 2. The quantitative estimate of drug-likeness (QED) is 0.778. The predicted octanol–water partition coefficient (Wildman–Crippen LogP) is 3.70. The third kappa shape index (κ3) is 5.17. The number of carbonyl (C=O) groups excluding carboxylic acids is 2. The summed E-state index contributed by atoms with van der Waals surface area (Å²) >= 11 is 0. The van der Waals surface area contributed by atoms with E-state index in [2.05, 4.69) is 43.0 Å². The number of hydrogen-bond donors (Lipinski definition) is 0. The van der Waals surface area contributed by atoms with E-state index in [0.29, 0.717) is 13.0 Å². The molecular formula is C24H31N3O2. The van der Waals surface area contributed by atoms with E-state index in [1.807, 2.05) is 30.0 Å². The molecule has 0 N–H and O–H groups in total. The topological polar surface area (TPSA) is 43.9 Å². The Hall–Kier alpha value is -2.82. The molecule has 154 valence electrons. The Kier molecular flexibility index (Phi) is 6.57. The first kappa shape index (κ1) is 20.9. The molecule has 0 unspecified atom stereocenters. The molecule has 5 heteroatoms. The van der Waals surface area contributed by atoms with Gasteiger partial charge in [0.2, 0.25) is 11.8 Å². The number of nitrogens with zero attached hydrogens (tertiary/aromatic N) is 3. The molecule has 0 atom stereocenters. The fourth-order valence-corrected chi connectivity index (χ4v) is 3.77. The standard InChI is InChI=1S/C24H31N3O2/c1-18-6-5-7-22(16-18)25-12-14-26(15-13-25)24(29)10-11-27(21(4)28)23-9-8-19(2)20(3)17-23/h5-9,16-17H,10-15H2,1-4H3. The van der Waals surface area contributed by atoms with Gasteiger partial charge < -0.3 is 14.7 Å². The van der Waals surface area contributed by atoms with E-state index < -0.39 is 0 Å². The highest BCUT2D eigenvalue weighted by molar-refractivity contribution is 5.92. The Balaban J connectivity index is 1.56.